The summed E-state index contributed by atoms with van der Waals surface area (Å²) >= 11 is 0. The summed E-state index contributed by atoms with van der Waals surface area (Å²) in [5, 5.41) is 6.85. The lowest BCUT2D eigenvalue weighted by Crippen LogP contribution is -2.21. The third-order valence-corrected chi connectivity index (χ3v) is 7.29. The second-order valence-electron chi connectivity index (χ2n) is 8.84. The Balaban J connectivity index is 1.41. The third kappa shape index (κ3) is 5.81. The zero-order valence-corrected chi connectivity index (χ0v) is 19.9. The number of nitrogens with two attached hydrogens (primary N) is 1. The van der Waals surface area contributed by atoms with Gasteiger partial charge in [0.25, 0.3) is 10.0 Å². The van der Waals surface area contributed by atoms with Gasteiger partial charge in [0.2, 0.25) is 17.6 Å². The predicted octanol–water partition coefficient (Wildman–Crippen LogP) is 3.95. The summed E-state index contributed by atoms with van der Waals surface area (Å²) in [6.07, 6.45) is 5.26. The van der Waals surface area contributed by atoms with Gasteiger partial charge in [-0.05, 0) is 68.6 Å². The van der Waals surface area contributed by atoms with Crippen LogP contribution in [0.3, 0.4) is 0 Å². The molecule has 0 saturated heterocycles. The molecule has 3 aromatic rings. The Morgan fingerprint density at radius 2 is 1.82 bits per heavy atom. The fourth-order valence-electron chi connectivity index (χ4n) is 3.41. The Morgan fingerprint density at radius 1 is 1.09 bits per heavy atom. The average Bonchev–Trinajstić information content (AvgIpc) is 3.41. The van der Waals surface area contributed by atoms with Gasteiger partial charge in [0.1, 0.15) is 0 Å². The van der Waals surface area contributed by atoms with Crippen LogP contribution in [-0.4, -0.2) is 31.0 Å². The Hall–Kier alpha value is -3.24. The fourth-order valence-corrected chi connectivity index (χ4v) is 4.51. The van der Waals surface area contributed by atoms with Crippen molar-refractivity contribution in [2.75, 3.05) is 16.6 Å². The number of hydrogen-bond donors (Lipinski definition) is 3. The van der Waals surface area contributed by atoms with Gasteiger partial charge in [-0.1, -0.05) is 30.6 Å². The summed E-state index contributed by atoms with van der Waals surface area (Å²) in [5.41, 5.74) is 6.78. The van der Waals surface area contributed by atoms with Gasteiger partial charge in [-0.15, -0.1) is 0 Å². The van der Waals surface area contributed by atoms with E-state index in [1.165, 1.54) is 12.1 Å². The molecular weight excluding hydrogens is 454 g/mol. The maximum absolute atomic E-state index is 12.9. The summed E-state index contributed by atoms with van der Waals surface area (Å²) in [7, 11) is -3.84. The summed E-state index contributed by atoms with van der Waals surface area (Å²) in [5.74, 6) is 0.842. The van der Waals surface area contributed by atoms with E-state index >= 15 is 0 Å². The predicted molar refractivity (Wildman–Crippen MR) is 130 cm³/mol. The molecule has 1 fully saturated rings. The van der Waals surface area contributed by atoms with Crippen molar-refractivity contribution in [2.45, 2.75) is 50.3 Å². The highest BCUT2D eigenvalue weighted by Crippen LogP contribution is 2.45. The molecular formula is C24H29N5O4S. The zero-order chi connectivity index (χ0) is 24.2. The molecule has 1 amide bonds. The summed E-state index contributed by atoms with van der Waals surface area (Å²) < 4.78 is 33.7. The number of amides is 1. The van der Waals surface area contributed by atoms with Gasteiger partial charge in [-0.2, -0.15) is 4.98 Å². The number of nitrogens with one attached hydrogen (secondary N) is 2. The van der Waals surface area contributed by atoms with Crippen molar-refractivity contribution in [1.82, 2.24) is 10.1 Å². The van der Waals surface area contributed by atoms with Crippen LogP contribution in [0.4, 0.5) is 11.4 Å². The van der Waals surface area contributed by atoms with Crippen molar-refractivity contribution in [1.29, 1.82) is 0 Å². The first-order valence-corrected chi connectivity index (χ1v) is 12.8. The highest BCUT2D eigenvalue weighted by molar-refractivity contribution is 7.92. The molecule has 180 valence electrons. The lowest BCUT2D eigenvalue weighted by atomic mass is 10.1. The molecule has 34 heavy (non-hydrogen) atoms. The number of aryl methyl sites for hydroxylation is 1. The third-order valence-electron chi connectivity index (χ3n) is 5.91. The van der Waals surface area contributed by atoms with Crippen LogP contribution in [0.5, 0.6) is 0 Å². The standard InChI is InChI=1S/C24H29N5O4S/c1-24(13-14-24)23(30)26-18-9-11-19(12-10-18)29-34(31,32)20-7-5-6-17(16-20)22-27-21(33-28-22)8-3-2-4-15-25/h5-7,9-12,16,29H,2-4,8,13-15,25H2,1H3,(H,26,30). The van der Waals surface area contributed by atoms with Crippen molar-refractivity contribution < 1.29 is 17.7 Å². The minimum Gasteiger partial charge on any atom is -0.339 e. The van der Waals surface area contributed by atoms with E-state index in [1.807, 2.05) is 6.92 Å². The Bertz CT molecular complexity index is 1250. The summed E-state index contributed by atoms with van der Waals surface area (Å²) in [6, 6.07) is 13.0. The minimum absolute atomic E-state index is 0.0159. The van der Waals surface area contributed by atoms with Crippen molar-refractivity contribution in [3.8, 4) is 11.4 Å². The number of rotatable bonds is 11. The molecule has 2 aromatic carbocycles. The molecule has 1 saturated carbocycles. The molecule has 1 aliphatic rings. The number of carbonyl (C=O) groups is 1. The number of unbranched alkanes of at least 4 members (excludes halogenated alkanes) is 2. The van der Waals surface area contributed by atoms with Crippen LogP contribution < -0.4 is 15.8 Å². The molecule has 0 radical (unpaired) electrons. The van der Waals surface area contributed by atoms with Crippen LogP contribution in [0.25, 0.3) is 11.4 Å². The number of anilines is 2. The van der Waals surface area contributed by atoms with Gasteiger partial charge in [0.15, 0.2) is 0 Å². The first-order valence-electron chi connectivity index (χ1n) is 11.4. The Morgan fingerprint density at radius 3 is 2.53 bits per heavy atom. The van der Waals surface area contributed by atoms with E-state index < -0.39 is 10.0 Å². The summed E-state index contributed by atoms with van der Waals surface area (Å²) in [4.78, 5) is 16.6. The number of hydrogen-bond acceptors (Lipinski definition) is 7. The number of benzene rings is 2. The molecule has 0 unspecified atom stereocenters. The lowest BCUT2D eigenvalue weighted by Gasteiger charge is -2.12. The average molecular weight is 484 g/mol. The summed E-state index contributed by atoms with van der Waals surface area (Å²) in [6.45, 7) is 2.59. The van der Waals surface area contributed by atoms with Crippen molar-refractivity contribution in [2.24, 2.45) is 11.1 Å². The van der Waals surface area contributed by atoms with E-state index in [0.29, 0.717) is 41.6 Å². The van der Waals surface area contributed by atoms with Crippen LogP contribution in [-0.2, 0) is 21.2 Å². The molecule has 4 rings (SSSR count). The van der Waals surface area contributed by atoms with Crippen molar-refractivity contribution in [3.63, 3.8) is 0 Å². The van der Waals surface area contributed by atoms with Gasteiger partial charge in [0.05, 0.1) is 4.90 Å². The van der Waals surface area contributed by atoms with E-state index in [9.17, 15) is 13.2 Å². The van der Waals surface area contributed by atoms with Gasteiger partial charge in [0, 0.05) is 28.8 Å². The second kappa shape index (κ2) is 9.94. The molecule has 4 N–H and O–H groups in total. The van der Waals surface area contributed by atoms with Crippen molar-refractivity contribution >= 4 is 27.3 Å². The lowest BCUT2D eigenvalue weighted by molar-refractivity contribution is -0.120. The van der Waals surface area contributed by atoms with Crippen LogP contribution >= 0.6 is 0 Å². The molecule has 10 heteroatoms. The fraction of sp³-hybridized carbons (Fsp3) is 0.375. The molecule has 1 heterocycles. The first-order chi connectivity index (χ1) is 16.3. The van der Waals surface area contributed by atoms with Gasteiger partial charge >= 0.3 is 0 Å². The Kier molecular flexibility index (Phi) is 6.99. The highest BCUT2D eigenvalue weighted by Gasteiger charge is 2.44. The smallest absolute Gasteiger partial charge is 0.261 e. The van der Waals surface area contributed by atoms with Gasteiger partial charge in [-0.25, -0.2) is 8.42 Å². The van der Waals surface area contributed by atoms with E-state index in [0.717, 1.165) is 32.1 Å². The second-order valence-corrected chi connectivity index (χ2v) is 10.5. The van der Waals surface area contributed by atoms with Crippen LogP contribution in [0.1, 0.15) is 44.9 Å². The van der Waals surface area contributed by atoms with Crippen LogP contribution in [0, 0.1) is 5.41 Å². The number of sulfonamides is 1. The SMILES string of the molecule is CC1(C(=O)Nc2ccc(NS(=O)(=O)c3cccc(-c4noc(CCCCCN)n4)c3)cc2)CC1. The first kappa shape index (κ1) is 23.9. The van der Waals surface area contributed by atoms with E-state index in [2.05, 4.69) is 20.2 Å². The number of aromatic nitrogens is 2. The molecule has 1 aromatic heterocycles. The van der Waals surface area contributed by atoms with E-state index in [4.69, 9.17) is 10.3 Å². The zero-order valence-electron chi connectivity index (χ0n) is 19.1. The van der Waals surface area contributed by atoms with E-state index in [1.54, 1.807) is 36.4 Å². The highest BCUT2D eigenvalue weighted by atomic mass is 32.2. The van der Waals surface area contributed by atoms with Crippen LogP contribution in [0.15, 0.2) is 57.9 Å². The molecule has 0 bridgehead atoms. The topological polar surface area (TPSA) is 140 Å². The maximum atomic E-state index is 12.9. The maximum Gasteiger partial charge on any atom is 0.261 e. The Labute approximate surface area is 199 Å². The van der Waals surface area contributed by atoms with Gasteiger partial charge < -0.3 is 15.6 Å². The van der Waals surface area contributed by atoms with Gasteiger partial charge in [-0.3, -0.25) is 9.52 Å². The normalized spacial score (nSPS) is 14.5. The number of carbonyl (C=O) groups excluding carboxylic acids is 1. The van der Waals surface area contributed by atoms with Crippen LogP contribution in [0.2, 0.25) is 0 Å². The molecule has 0 atom stereocenters. The quantitative estimate of drug-likeness (QED) is 0.351. The molecule has 0 aliphatic heterocycles. The molecule has 9 nitrogen and oxygen atoms in total. The van der Waals surface area contributed by atoms with Crippen molar-refractivity contribution in [3.05, 3.63) is 54.4 Å². The molecule has 1 aliphatic carbocycles. The molecule has 0 spiro atoms. The minimum atomic E-state index is -3.84. The van der Waals surface area contributed by atoms with E-state index in [-0.39, 0.29) is 16.2 Å². The number of nitrogens with zero attached hydrogens (tertiary/aromatic N) is 2. The largest absolute Gasteiger partial charge is 0.339 e. The monoisotopic (exact) mass is 483 g/mol.